The van der Waals surface area contributed by atoms with E-state index in [4.69, 9.17) is 23.7 Å². The number of rotatable bonds is 22. The fourth-order valence-corrected chi connectivity index (χ4v) is 7.39. The van der Waals surface area contributed by atoms with Crippen molar-refractivity contribution >= 4 is 46.4 Å². The first kappa shape index (κ1) is 47.3. The summed E-state index contributed by atoms with van der Waals surface area (Å²) in [6.07, 6.45) is 0.896. The molecule has 0 unspecified atom stereocenters. The molecule has 0 radical (unpaired) electrons. The molecule has 0 spiro atoms. The van der Waals surface area contributed by atoms with Crippen LogP contribution in [0.25, 0.3) is 0 Å². The van der Waals surface area contributed by atoms with Gasteiger partial charge < -0.3 is 65.0 Å². The standard InChI is InChI=1S/C42H64N6O11/c1-27(2)39-41(53)46-34(24-50)21-30-20-31(9-10-35(30)47(39)5)43-37(51)25-58-17-15-56-13-11-55-12-14-57-16-18-59-26-38(52)44-32-8-7-29-19-33(23-49)45-42(54)40(28(3)4)48(6)36(29)22-32/h7-10,20,22,27-28,33-34,39-40,49-50H,11-19,21,23-26H2,1-6H3,(H,43,51)(H,44,52)(H,45,54)(H,46,53)/t33-,34-,39-,40-/m0/s1. The van der Waals surface area contributed by atoms with Crippen molar-refractivity contribution in [1.29, 1.82) is 0 Å². The summed E-state index contributed by atoms with van der Waals surface area (Å²) in [5, 5.41) is 31.2. The molecule has 2 aliphatic rings. The first-order valence-corrected chi connectivity index (χ1v) is 20.3. The van der Waals surface area contributed by atoms with Crippen LogP contribution < -0.4 is 31.1 Å². The van der Waals surface area contributed by atoms with E-state index in [1.165, 1.54) is 0 Å². The molecule has 59 heavy (non-hydrogen) atoms. The number of aliphatic hydroxyl groups is 2. The summed E-state index contributed by atoms with van der Waals surface area (Å²) >= 11 is 0. The van der Waals surface area contributed by atoms with Gasteiger partial charge in [-0.2, -0.15) is 0 Å². The van der Waals surface area contributed by atoms with Crippen LogP contribution in [0.2, 0.25) is 0 Å². The van der Waals surface area contributed by atoms with E-state index in [0.29, 0.717) is 63.9 Å². The molecule has 4 amide bonds. The van der Waals surface area contributed by atoms with Gasteiger partial charge in [0.25, 0.3) is 0 Å². The van der Waals surface area contributed by atoms with Crippen LogP contribution >= 0.6 is 0 Å². The molecule has 2 heterocycles. The third kappa shape index (κ3) is 14.4. The lowest BCUT2D eigenvalue weighted by Gasteiger charge is -2.37. The summed E-state index contributed by atoms with van der Waals surface area (Å²) in [5.41, 5.74) is 4.76. The minimum atomic E-state index is -0.432. The van der Waals surface area contributed by atoms with Gasteiger partial charge in [0.05, 0.1) is 78.2 Å². The van der Waals surface area contributed by atoms with Gasteiger partial charge in [0.1, 0.15) is 25.3 Å². The number of carbonyl (C=O) groups excluding carboxylic acids is 4. The van der Waals surface area contributed by atoms with Crippen LogP contribution in [0.5, 0.6) is 0 Å². The van der Waals surface area contributed by atoms with Crippen molar-refractivity contribution < 1.29 is 53.1 Å². The van der Waals surface area contributed by atoms with Crippen molar-refractivity contribution in [3.8, 4) is 0 Å². The van der Waals surface area contributed by atoms with Crippen LogP contribution in [0.15, 0.2) is 36.4 Å². The molecule has 2 aromatic carbocycles. The average molecular weight is 829 g/mol. The van der Waals surface area contributed by atoms with Crippen molar-refractivity contribution in [2.45, 2.75) is 64.7 Å². The van der Waals surface area contributed by atoms with Crippen molar-refractivity contribution in [1.82, 2.24) is 10.6 Å². The van der Waals surface area contributed by atoms with Gasteiger partial charge in [-0.15, -0.1) is 0 Å². The van der Waals surface area contributed by atoms with Crippen molar-refractivity contribution in [3.05, 3.63) is 47.5 Å². The maximum absolute atomic E-state index is 12.9. The van der Waals surface area contributed by atoms with E-state index in [9.17, 15) is 29.4 Å². The van der Waals surface area contributed by atoms with Gasteiger partial charge in [-0.25, -0.2) is 0 Å². The second kappa shape index (κ2) is 24.0. The minimum absolute atomic E-state index is 0.0228. The Bertz CT molecular complexity index is 1680. The maximum Gasteiger partial charge on any atom is 0.250 e. The highest BCUT2D eigenvalue weighted by molar-refractivity contribution is 5.94. The maximum atomic E-state index is 12.9. The highest BCUT2D eigenvalue weighted by atomic mass is 16.6. The number of amides is 4. The molecule has 4 atom stereocenters. The SMILES string of the molecule is CC(C)[C@H]1C(=O)N[C@H](CO)Cc2cc(NC(=O)COCCOCCOCCOCCOCC(=O)Nc3ccc4c(c3)N(C)[C@@H](C(C)C)C(=O)N[C@H](CO)C4)ccc2N1C. The Kier molecular flexibility index (Phi) is 19.3. The van der Waals surface area contributed by atoms with E-state index in [1.54, 1.807) is 12.1 Å². The molecule has 0 saturated carbocycles. The molecular weight excluding hydrogens is 764 g/mol. The number of likely N-dealkylation sites (N-methyl/N-ethyl adjacent to an activating group) is 2. The molecule has 328 valence electrons. The van der Waals surface area contributed by atoms with Gasteiger partial charge >= 0.3 is 0 Å². The number of benzene rings is 2. The number of nitrogens with one attached hydrogen (secondary N) is 4. The average Bonchev–Trinajstić information content (AvgIpc) is 3.18. The highest BCUT2D eigenvalue weighted by Crippen LogP contribution is 2.31. The normalized spacial score (nSPS) is 19.6. The van der Waals surface area contributed by atoms with Gasteiger partial charge in [0.15, 0.2) is 0 Å². The molecule has 6 N–H and O–H groups in total. The number of ether oxygens (including phenoxy) is 5. The van der Waals surface area contributed by atoms with E-state index in [0.717, 1.165) is 22.5 Å². The third-order valence-corrected chi connectivity index (χ3v) is 10.1. The lowest BCUT2D eigenvalue weighted by atomic mass is 9.95. The van der Waals surface area contributed by atoms with Gasteiger partial charge in [-0.3, -0.25) is 19.2 Å². The molecular formula is C42H64N6O11. The molecule has 2 aliphatic heterocycles. The summed E-state index contributed by atoms with van der Waals surface area (Å²) in [7, 11) is 3.74. The first-order chi connectivity index (χ1) is 28.3. The van der Waals surface area contributed by atoms with Crippen molar-refractivity contribution in [2.24, 2.45) is 11.8 Å². The second-order valence-electron chi connectivity index (χ2n) is 15.5. The zero-order valence-corrected chi connectivity index (χ0v) is 35.3. The van der Waals surface area contributed by atoms with Crippen molar-refractivity contribution in [3.63, 3.8) is 0 Å². The lowest BCUT2D eigenvalue weighted by molar-refractivity contribution is -0.125. The Morgan fingerprint density at radius 2 is 1.03 bits per heavy atom. The summed E-state index contributed by atoms with van der Waals surface area (Å²) in [6, 6.07) is 9.46. The molecule has 0 saturated heterocycles. The van der Waals surface area contributed by atoms with Gasteiger partial charge in [0.2, 0.25) is 23.6 Å². The summed E-state index contributed by atoms with van der Waals surface area (Å²) in [4.78, 5) is 54.7. The zero-order chi connectivity index (χ0) is 42.9. The number of fused-ring (bicyclic) bond motifs is 2. The number of hydrogen-bond acceptors (Lipinski definition) is 13. The van der Waals surface area contributed by atoms with Crippen LogP contribution in [-0.2, 0) is 55.7 Å². The fraction of sp³-hybridized carbons (Fsp3) is 0.619. The fourth-order valence-electron chi connectivity index (χ4n) is 7.39. The smallest absolute Gasteiger partial charge is 0.250 e. The monoisotopic (exact) mass is 828 g/mol. The predicted octanol–water partition coefficient (Wildman–Crippen LogP) is 1.33. The predicted molar refractivity (Wildman–Crippen MR) is 224 cm³/mol. The summed E-state index contributed by atoms with van der Waals surface area (Å²) in [5.74, 6) is -0.813. The number of nitrogens with zero attached hydrogens (tertiary/aromatic N) is 2. The Labute approximate surface area is 347 Å². The van der Waals surface area contributed by atoms with E-state index in [1.807, 2.05) is 75.9 Å². The molecule has 0 aliphatic carbocycles. The molecule has 4 rings (SSSR count). The summed E-state index contributed by atoms with van der Waals surface area (Å²) in [6.45, 7) is 9.71. The number of hydrogen-bond donors (Lipinski definition) is 6. The number of anilines is 4. The van der Waals surface area contributed by atoms with Gasteiger partial charge in [0, 0.05) is 36.8 Å². The van der Waals surface area contributed by atoms with Crippen molar-refractivity contribution in [2.75, 3.05) is 114 Å². The van der Waals surface area contributed by atoms with Crippen LogP contribution in [0.4, 0.5) is 22.7 Å². The van der Waals surface area contributed by atoms with E-state index >= 15 is 0 Å². The number of carbonyl (C=O) groups is 4. The second-order valence-corrected chi connectivity index (χ2v) is 15.5. The zero-order valence-electron chi connectivity index (χ0n) is 35.3. The van der Waals surface area contributed by atoms with Crippen LogP contribution in [-0.4, -0.2) is 151 Å². The Morgan fingerprint density at radius 3 is 1.49 bits per heavy atom. The quantitative estimate of drug-likeness (QED) is 0.0928. The molecule has 0 bridgehead atoms. The van der Waals surface area contributed by atoms with E-state index in [2.05, 4.69) is 21.3 Å². The molecule has 17 nitrogen and oxygen atoms in total. The topological polar surface area (TPSA) is 209 Å². The first-order valence-electron chi connectivity index (χ1n) is 20.3. The Balaban J connectivity index is 1.02. The Hall–Kier alpha value is -4.36. The molecule has 0 fully saturated rings. The Morgan fingerprint density at radius 1 is 0.627 bits per heavy atom. The largest absolute Gasteiger partial charge is 0.394 e. The third-order valence-electron chi connectivity index (χ3n) is 10.1. The van der Waals surface area contributed by atoms with Crippen LogP contribution in [0, 0.1) is 11.8 Å². The summed E-state index contributed by atoms with van der Waals surface area (Å²) < 4.78 is 27.5. The van der Waals surface area contributed by atoms with Crippen LogP contribution in [0.3, 0.4) is 0 Å². The van der Waals surface area contributed by atoms with Gasteiger partial charge in [-0.05, 0) is 66.1 Å². The minimum Gasteiger partial charge on any atom is -0.394 e. The number of aliphatic hydroxyl groups excluding tert-OH is 2. The van der Waals surface area contributed by atoms with E-state index in [-0.39, 0.29) is 81.1 Å². The van der Waals surface area contributed by atoms with E-state index < -0.39 is 18.1 Å². The lowest BCUT2D eigenvalue weighted by Crippen LogP contribution is -2.54. The highest BCUT2D eigenvalue weighted by Gasteiger charge is 2.34. The molecule has 0 aromatic heterocycles. The van der Waals surface area contributed by atoms with Crippen LogP contribution in [0.1, 0.15) is 38.8 Å². The molecule has 17 heteroatoms. The molecule has 2 aromatic rings. The van der Waals surface area contributed by atoms with Gasteiger partial charge in [-0.1, -0.05) is 33.8 Å².